The Morgan fingerprint density at radius 2 is 2.24 bits per heavy atom. The molecular weight excluding hydrogens is 285 g/mol. The Bertz CT molecular complexity index is 499. The van der Waals surface area contributed by atoms with Crippen LogP contribution in [0.15, 0.2) is 24.3 Å². The molecule has 0 spiro atoms. The van der Waals surface area contributed by atoms with Gasteiger partial charge < -0.3 is 10.5 Å². The van der Waals surface area contributed by atoms with Crippen LogP contribution in [-0.4, -0.2) is 25.2 Å². The van der Waals surface area contributed by atoms with Crippen molar-refractivity contribution in [2.75, 3.05) is 13.2 Å². The third-order valence-corrected chi connectivity index (χ3v) is 3.41. The first-order chi connectivity index (χ1) is 9.88. The predicted octanol–water partition coefficient (Wildman–Crippen LogP) is 2.00. The van der Waals surface area contributed by atoms with Gasteiger partial charge in [0.2, 0.25) is 5.91 Å². The van der Waals surface area contributed by atoms with Crippen LogP contribution in [0.1, 0.15) is 30.0 Å². The Morgan fingerprint density at radius 1 is 1.48 bits per heavy atom. The second-order valence-electron chi connectivity index (χ2n) is 5.00. The number of primary amides is 1. The van der Waals surface area contributed by atoms with E-state index in [2.05, 4.69) is 5.32 Å². The fourth-order valence-electron chi connectivity index (χ4n) is 2.33. The highest BCUT2D eigenvalue weighted by molar-refractivity contribution is 5.81. The zero-order valence-electron chi connectivity index (χ0n) is 11.3. The normalized spacial score (nSPS) is 20.4. The molecule has 0 radical (unpaired) electrons. The van der Waals surface area contributed by atoms with E-state index in [0.29, 0.717) is 13.2 Å². The first-order valence-electron chi connectivity index (χ1n) is 6.69. The number of alkyl halides is 3. The third kappa shape index (κ3) is 4.18. The topological polar surface area (TPSA) is 64.4 Å². The van der Waals surface area contributed by atoms with E-state index >= 15 is 0 Å². The monoisotopic (exact) mass is 302 g/mol. The highest BCUT2D eigenvalue weighted by Crippen LogP contribution is 2.30. The molecule has 1 saturated heterocycles. The van der Waals surface area contributed by atoms with E-state index < -0.39 is 23.7 Å². The van der Waals surface area contributed by atoms with Crippen LogP contribution in [0.5, 0.6) is 0 Å². The zero-order chi connectivity index (χ0) is 15.5. The highest BCUT2D eigenvalue weighted by atomic mass is 19.4. The molecule has 0 bridgehead atoms. The lowest BCUT2D eigenvalue weighted by atomic mass is 10.0. The highest BCUT2D eigenvalue weighted by Gasteiger charge is 2.31. The summed E-state index contributed by atoms with van der Waals surface area (Å²) in [5.41, 5.74) is 4.69. The maximum atomic E-state index is 12.7. The summed E-state index contributed by atoms with van der Waals surface area (Å²) in [6.45, 7) is 1.04. The van der Waals surface area contributed by atoms with Crippen molar-refractivity contribution >= 4 is 5.91 Å². The summed E-state index contributed by atoms with van der Waals surface area (Å²) in [6.07, 6.45) is -2.68. The van der Waals surface area contributed by atoms with Crippen molar-refractivity contribution < 1.29 is 22.7 Å². The molecule has 116 valence electrons. The van der Waals surface area contributed by atoms with Gasteiger partial charge in [0.25, 0.3) is 0 Å². The molecule has 0 aliphatic carbocycles. The number of hydrogen-bond donors (Lipinski definition) is 2. The van der Waals surface area contributed by atoms with Gasteiger partial charge in [-0.25, -0.2) is 0 Å². The molecule has 1 heterocycles. The number of rotatable bonds is 5. The Kier molecular flexibility index (Phi) is 4.84. The lowest BCUT2D eigenvalue weighted by Gasteiger charge is -2.19. The molecule has 2 atom stereocenters. The quantitative estimate of drug-likeness (QED) is 0.874. The summed E-state index contributed by atoms with van der Waals surface area (Å²) in [5.74, 6) is -0.715. The molecule has 0 saturated carbocycles. The van der Waals surface area contributed by atoms with E-state index in [1.165, 1.54) is 12.1 Å². The van der Waals surface area contributed by atoms with Gasteiger partial charge in [-0.15, -0.1) is 0 Å². The molecule has 21 heavy (non-hydrogen) atoms. The predicted molar refractivity (Wildman–Crippen MR) is 70.4 cm³/mol. The van der Waals surface area contributed by atoms with Gasteiger partial charge in [0.05, 0.1) is 11.7 Å². The molecule has 2 unspecified atom stereocenters. The summed E-state index contributed by atoms with van der Waals surface area (Å²) < 4.78 is 43.5. The summed E-state index contributed by atoms with van der Waals surface area (Å²) in [4.78, 5) is 11.5. The molecular formula is C14H17F3N2O2. The maximum absolute atomic E-state index is 12.7. The van der Waals surface area contributed by atoms with Crippen LogP contribution in [0, 0.1) is 0 Å². The lowest BCUT2D eigenvalue weighted by Crippen LogP contribution is -2.37. The number of carbonyl (C=O) groups is 1. The first kappa shape index (κ1) is 15.8. The Morgan fingerprint density at radius 3 is 2.81 bits per heavy atom. The van der Waals surface area contributed by atoms with Gasteiger partial charge in [-0.1, -0.05) is 12.1 Å². The van der Waals surface area contributed by atoms with Crippen LogP contribution in [-0.2, 0) is 15.7 Å². The summed E-state index contributed by atoms with van der Waals surface area (Å²) in [5, 5.41) is 2.89. The molecule has 1 aromatic rings. The number of benzene rings is 1. The summed E-state index contributed by atoms with van der Waals surface area (Å²) in [6, 6.07) is 3.66. The number of ether oxygens (including phenoxy) is 1. The molecule has 4 nitrogen and oxygen atoms in total. The molecule has 3 N–H and O–H groups in total. The van der Waals surface area contributed by atoms with Gasteiger partial charge in [-0.2, -0.15) is 13.2 Å². The average Bonchev–Trinajstić information content (AvgIpc) is 2.91. The number of carbonyl (C=O) groups excluding carboxylic acids is 1. The van der Waals surface area contributed by atoms with Crippen LogP contribution >= 0.6 is 0 Å². The number of amides is 1. The van der Waals surface area contributed by atoms with E-state index in [1.54, 1.807) is 0 Å². The second kappa shape index (κ2) is 6.44. The van der Waals surface area contributed by atoms with Crippen LogP contribution in [0.3, 0.4) is 0 Å². The molecule has 1 fully saturated rings. The lowest BCUT2D eigenvalue weighted by molar-refractivity contribution is -0.137. The second-order valence-corrected chi connectivity index (χ2v) is 5.00. The Hall–Kier alpha value is -1.60. The van der Waals surface area contributed by atoms with Crippen molar-refractivity contribution in [3.63, 3.8) is 0 Å². The summed E-state index contributed by atoms with van der Waals surface area (Å²) >= 11 is 0. The van der Waals surface area contributed by atoms with Gasteiger partial charge in [0, 0.05) is 13.2 Å². The molecule has 1 aliphatic heterocycles. The molecule has 1 amide bonds. The number of nitrogens with two attached hydrogens (primary N) is 1. The van der Waals surface area contributed by atoms with Crippen molar-refractivity contribution in [2.24, 2.45) is 5.73 Å². The minimum atomic E-state index is -4.45. The minimum Gasteiger partial charge on any atom is -0.377 e. The van der Waals surface area contributed by atoms with Gasteiger partial charge in [-0.3, -0.25) is 10.1 Å². The van der Waals surface area contributed by atoms with Crippen LogP contribution in [0.2, 0.25) is 0 Å². The Labute approximate surface area is 120 Å². The number of nitrogens with one attached hydrogen (secondary N) is 1. The average molecular weight is 302 g/mol. The van der Waals surface area contributed by atoms with Crippen LogP contribution < -0.4 is 11.1 Å². The van der Waals surface area contributed by atoms with Crippen LogP contribution in [0.4, 0.5) is 13.2 Å². The standard InChI is InChI=1S/C14H17F3N2O2/c15-14(16,17)10-4-1-3-9(7-10)12(13(18)20)19-8-11-5-2-6-21-11/h1,3-4,7,11-12,19H,2,5-6,8H2,(H2,18,20). The fourth-order valence-corrected chi connectivity index (χ4v) is 2.33. The van der Waals surface area contributed by atoms with Gasteiger partial charge in [0.1, 0.15) is 6.04 Å². The van der Waals surface area contributed by atoms with Crippen molar-refractivity contribution in [1.82, 2.24) is 5.32 Å². The third-order valence-electron chi connectivity index (χ3n) is 3.41. The molecule has 1 aliphatic rings. The van der Waals surface area contributed by atoms with E-state index in [1.807, 2.05) is 0 Å². The first-order valence-corrected chi connectivity index (χ1v) is 6.69. The van der Waals surface area contributed by atoms with Crippen molar-refractivity contribution in [1.29, 1.82) is 0 Å². The van der Waals surface area contributed by atoms with Crippen molar-refractivity contribution in [3.8, 4) is 0 Å². The minimum absolute atomic E-state index is 0.0300. The van der Waals surface area contributed by atoms with Crippen molar-refractivity contribution in [3.05, 3.63) is 35.4 Å². The molecule has 7 heteroatoms. The van der Waals surface area contributed by atoms with E-state index in [-0.39, 0.29) is 11.7 Å². The molecule has 1 aromatic carbocycles. The smallest absolute Gasteiger partial charge is 0.377 e. The number of hydrogen-bond acceptors (Lipinski definition) is 3. The summed E-state index contributed by atoms with van der Waals surface area (Å²) in [7, 11) is 0. The maximum Gasteiger partial charge on any atom is 0.416 e. The molecule has 0 aromatic heterocycles. The SMILES string of the molecule is NC(=O)C(NCC1CCCO1)c1cccc(C(F)(F)F)c1. The van der Waals surface area contributed by atoms with Gasteiger partial charge in [-0.05, 0) is 30.5 Å². The van der Waals surface area contributed by atoms with Gasteiger partial charge in [0.15, 0.2) is 0 Å². The van der Waals surface area contributed by atoms with E-state index in [0.717, 1.165) is 25.0 Å². The fraction of sp³-hybridized carbons (Fsp3) is 0.500. The largest absolute Gasteiger partial charge is 0.416 e. The zero-order valence-corrected chi connectivity index (χ0v) is 11.3. The number of halogens is 3. The van der Waals surface area contributed by atoms with E-state index in [9.17, 15) is 18.0 Å². The Balaban J connectivity index is 2.12. The van der Waals surface area contributed by atoms with Crippen molar-refractivity contribution in [2.45, 2.75) is 31.2 Å². The van der Waals surface area contributed by atoms with E-state index in [4.69, 9.17) is 10.5 Å². The van der Waals surface area contributed by atoms with Gasteiger partial charge >= 0.3 is 6.18 Å². The molecule has 2 rings (SSSR count). The van der Waals surface area contributed by atoms with Crippen LogP contribution in [0.25, 0.3) is 0 Å².